The van der Waals surface area contributed by atoms with Gasteiger partial charge < -0.3 is 9.47 Å². The van der Waals surface area contributed by atoms with E-state index in [1.165, 1.54) is 18.2 Å². The van der Waals surface area contributed by atoms with Crippen molar-refractivity contribution in [3.8, 4) is 5.75 Å². The molecule has 0 aromatic heterocycles. The summed E-state index contributed by atoms with van der Waals surface area (Å²) in [5.74, 6) is 0.139. The summed E-state index contributed by atoms with van der Waals surface area (Å²) >= 11 is 0. The van der Waals surface area contributed by atoms with Crippen LogP contribution >= 0.6 is 0 Å². The number of benzene rings is 1. The van der Waals surface area contributed by atoms with E-state index in [0.717, 1.165) is 0 Å². The zero-order valence-corrected chi connectivity index (χ0v) is 9.42. The van der Waals surface area contributed by atoms with Crippen molar-refractivity contribution in [2.24, 2.45) is 0 Å². The van der Waals surface area contributed by atoms with Crippen molar-refractivity contribution in [2.75, 3.05) is 19.8 Å². The van der Waals surface area contributed by atoms with Crippen molar-refractivity contribution in [3.63, 3.8) is 0 Å². The van der Waals surface area contributed by atoms with Gasteiger partial charge in [0.25, 0.3) is 0 Å². The van der Waals surface area contributed by atoms with Crippen molar-refractivity contribution in [3.05, 3.63) is 33.9 Å². The lowest BCUT2D eigenvalue weighted by molar-refractivity contribution is -0.385. The maximum atomic E-state index is 10.8. The maximum Gasteiger partial charge on any atom is 0.311 e. The monoisotopic (exact) mass is 239 g/mol. The number of nitro benzene ring substituents is 1. The topological polar surface area (TPSA) is 78.7 Å². The smallest absolute Gasteiger partial charge is 0.311 e. The molecule has 0 aliphatic carbocycles. The molecule has 92 valence electrons. The Bertz CT molecular complexity index is 405. The Kier molecular flexibility index (Phi) is 5.09. The zero-order valence-electron chi connectivity index (χ0n) is 9.42. The second kappa shape index (κ2) is 6.59. The summed E-state index contributed by atoms with van der Waals surface area (Å²) in [7, 11) is 0. The van der Waals surface area contributed by atoms with E-state index in [2.05, 4.69) is 0 Å². The van der Waals surface area contributed by atoms with Gasteiger partial charge >= 0.3 is 5.69 Å². The Morgan fingerprint density at radius 1 is 1.41 bits per heavy atom. The van der Waals surface area contributed by atoms with Crippen LogP contribution in [0.1, 0.15) is 17.3 Å². The van der Waals surface area contributed by atoms with Crippen LogP contribution in [0.5, 0.6) is 5.75 Å². The van der Waals surface area contributed by atoms with Crippen LogP contribution in [0.25, 0.3) is 0 Å². The predicted octanol–water partition coefficient (Wildman–Crippen LogP) is 1.82. The lowest BCUT2D eigenvalue weighted by Crippen LogP contribution is -2.07. The highest BCUT2D eigenvalue weighted by atomic mass is 16.6. The van der Waals surface area contributed by atoms with Crippen molar-refractivity contribution < 1.29 is 19.2 Å². The highest BCUT2D eigenvalue weighted by Gasteiger charge is 2.15. The van der Waals surface area contributed by atoms with Crippen molar-refractivity contribution in [2.45, 2.75) is 6.92 Å². The Hall–Kier alpha value is -1.95. The molecule has 1 aromatic rings. The van der Waals surface area contributed by atoms with Gasteiger partial charge in [0.05, 0.1) is 11.5 Å². The van der Waals surface area contributed by atoms with E-state index < -0.39 is 4.92 Å². The van der Waals surface area contributed by atoms with E-state index in [9.17, 15) is 14.9 Å². The van der Waals surface area contributed by atoms with Crippen LogP contribution in [-0.2, 0) is 4.74 Å². The molecule has 6 nitrogen and oxygen atoms in total. The first kappa shape index (κ1) is 13.1. The SMILES string of the molecule is CCOCCOc1ccc(C=O)cc1[N+](=O)[O-]. The van der Waals surface area contributed by atoms with Gasteiger partial charge in [-0.05, 0) is 19.1 Å². The fourth-order valence-corrected chi connectivity index (χ4v) is 1.23. The second-order valence-electron chi connectivity index (χ2n) is 3.15. The van der Waals surface area contributed by atoms with Gasteiger partial charge in [0.2, 0.25) is 0 Å². The lowest BCUT2D eigenvalue weighted by atomic mass is 10.2. The van der Waals surface area contributed by atoms with E-state index in [0.29, 0.717) is 19.5 Å². The fourth-order valence-electron chi connectivity index (χ4n) is 1.23. The third-order valence-corrected chi connectivity index (χ3v) is 2.01. The fraction of sp³-hybridized carbons (Fsp3) is 0.364. The first-order valence-electron chi connectivity index (χ1n) is 5.13. The van der Waals surface area contributed by atoms with Gasteiger partial charge in [-0.15, -0.1) is 0 Å². The molecule has 1 aromatic carbocycles. The number of ether oxygens (including phenoxy) is 2. The van der Waals surface area contributed by atoms with Crippen LogP contribution < -0.4 is 4.74 Å². The first-order valence-corrected chi connectivity index (χ1v) is 5.13. The highest BCUT2D eigenvalue weighted by molar-refractivity contribution is 5.77. The molecule has 0 saturated heterocycles. The molecule has 0 bridgehead atoms. The van der Waals surface area contributed by atoms with E-state index >= 15 is 0 Å². The molecule has 6 heteroatoms. The second-order valence-corrected chi connectivity index (χ2v) is 3.15. The average molecular weight is 239 g/mol. The Labute approximate surface area is 98.3 Å². The molecule has 0 unspecified atom stereocenters. The normalized spacial score (nSPS) is 9.94. The molecular formula is C11H13NO5. The van der Waals surface area contributed by atoms with E-state index in [-0.39, 0.29) is 23.6 Å². The summed E-state index contributed by atoms with van der Waals surface area (Å²) in [6.45, 7) is 3.01. The molecule has 0 amide bonds. The van der Waals surface area contributed by atoms with Crippen LogP contribution in [0, 0.1) is 10.1 Å². The molecule has 0 heterocycles. The molecule has 0 saturated carbocycles. The maximum absolute atomic E-state index is 10.8. The van der Waals surface area contributed by atoms with Gasteiger partial charge in [-0.3, -0.25) is 14.9 Å². The van der Waals surface area contributed by atoms with Gasteiger partial charge in [0.15, 0.2) is 5.75 Å². The van der Waals surface area contributed by atoms with E-state index in [4.69, 9.17) is 9.47 Å². The first-order chi connectivity index (χ1) is 8.19. The molecule has 0 atom stereocenters. The van der Waals surface area contributed by atoms with E-state index in [1.807, 2.05) is 6.92 Å². The minimum absolute atomic E-state index is 0.139. The summed E-state index contributed by atoms with van der Waals surface area (Å²) in [5.41, 5.74) is 0.0277. The summed E-state index contributed by atoms with van der Waals surface area (Å²) < 4.78 is 10.3. The van der Waals surface area contributed by atoms with Gasteiger partial charge in [-0.25, -0.2) is 0 Å². The number of aldehydes is 1. The summed E-state index contributed by atoms with van der Waals surface area (Å²) in [6.07, 6.45) is 0.553. The van der Waals surface area contributed by atoms with Gasteiger partial charge in [-0.1, -0.05) is 0 Å². The third kappa shape index (κ3) is 3.84. The number of nitrogens with zero attached hydrogens (tertiary/aromatic N) is 1. The molecule has 0 spiro atoms. The molecule has 0 fully saturated rings. The Balaban J connectivity index is 2.76. The summed E-state index contributed by atoms with van der Waals surface area (Å²) in [4.78, 5) is 20.7. The lowest BCUT2D eigenvalue weighted by Gasteiger charge is -2.06. The largest absolute Gasteiger partial charge is 0.484 e. The molecule has 0 aliphatic heterocycles. The third-order valence-electron chi connectivity index (χ3n) is 2.01. The molecule has 0 N–H and O–H groups in total. The van der Waals surface area contributed by atoms with Gasteiger partial charge in [0.1, 0.15) is 12.9 Å². The van der Waals surface area contributed by atoms with Crippen LogP contribution in [0.15, 0.2) is 18.2 Å². The number of hydrogen-bond acceptors (Lipinski definition) is 5. The quantitative estimate of drug-likeness (QED) is 0.314. The molecule has 17 heavy (non-hydrogen) atoms. The average Bonchev–Trinajstić information content (AvgIpc) is 2.34. The van der Waals surface area contributed by atoms with Crippen LogP contribution in [0.2, 0.25) is 0 Å². The summed E-state index contributed by atoms with van der Waals surface area (Å²) in [5, 5.41) is 10.8. The zero-order chi connectivity index (χ0) is 12.7. The summed E-state index contributed by atoms with van der Waals surface area (Å²) in [6, 6.07) is 4.06. The van der Waals surface area contributed by atoms with Crippen molar-refractivity contribution in [1.29, 1.82) is 0 Å². The number of carbonyl (C=O) groups is 1. The Morgan fingerprint density at radius 3 is 2.76 bits per heavy atom. The molecule has 0 radical (unpaired) electrons. The van der Waals surface area contributed by atoms with Gasteiger partial charge in [0, 0.05) is 18.2 Å². The van der Waals surface area contributed by atoms with Crippen molar-refractivity contribution >= 4 is 12.0 Å². The minimum atomic E-state index is -0.580. The molecule has 1 rings (SSSR count). The van der Waals surface area contributed by atoms with Crippen molar-refractivity contribution in [1.82, 2.24) is 0 Å². The van der Waals surface area contributed by atoms with Crippen LogP contribution in [0.3, 0.4) is 0 Å². The highest BCUT2D eigenvalue weighted by Crippen LogP contribution is 2.27. The molecule has 0 aliphatic rings. The number of carbonyl (C=O) groups excluding carboxylic acids is 1. The van der Waals surface area contributed by atoms with Crippen LogP contribution in [-0.4, -0.2) is 31.0 Å². The minimum Gasteiger partial charge on any atom is -0.484 e. The van der Waals surface area contributed by atoms with Gasteiger partial charge in [-0.2, -0.15) is 0 Å². The number of rotatable bonds is 7. The predicted molar refractivity (Wildman–Crippen MR) is 60.5 cm³/mol. The number of nitro groups is 1. The standard InChI is InChI=1S/C11H13NO5/c1-2-16-5-6-17-11-4-3-9(8-13)7-10(11)12(14)15/h3-4,7-8H,2,5-6H2,1H3. The number of hydrogen-bond donors (Lipinski definition) is 0. The van der Waals surface area contributed by atoms with Crippen LogP contribution in [0.4, 0.5) is 5.69 Å². The van der Waals surface area contributed by atoms with E-state index in [1.54, 1.807) is 0 Å². The molecular weight excluding hydrogens is 226 g/mol. The Morgan fingerprint density at radius 2 is 2.18 bits per heavy atom.